The molecule has 0 amide bonds. The lowest BCUT2D eigenvalue weighted by molar-refractivity contribution is 0.523. The number of aryl methyl sites for hydroxylation is 1. The van der Waals surface area contributed by atoms with Gasteiger partial charge in [-0.1, -0.05) is 96.2 Å². The fraction of sp³-hybridized carbons (Fsp3) is 0.571. The topological polar surface area (TPSA) is 12.0 Å². The summed E-state index contributed by atoms with van der Waals surface area (Å²) in [5.74, 6) is 1.65. The van der Waals surface area contributed by atoms with Gasteiger partial charge in [0.2, 0.25) is 0 Å². The predicted molar refractivity (Wildman–Crippen MR) is 134 cm³/mol. The highest BCUT2D eigenvalue weighted by molar-refractivity contribution is 7.99. The Morgan fingerprint density at radius 3 is 2.07 bits per heavy atom. The first-order valence-corrected chi connectivity index (χ1v) is 13.0. The van der Waals surface area contributed by atoms with Crippen molar-refractivity contribution in [3.8, 4) is 0 Å². The molecule has 0 atom stereocenters. The SMILES string of the molecule is CC(C)CCCCCc1ccc2c(c1CCCCCC(C)C)Nc1ccccc1S2. The van der Waals surface area contributed by atoms with Crippen LogP contribution in [0.2, 0.25) is 0 Å². The molecule has 0 aliphatic carbocycles. The van der Waals surface area contributed by atoms with E-state index in [1.807, 2.05) is 11.8 Å². The van der Waals surface area contributed by atoms with E-state index in [0.29, 0.717) is 0 Å². The molecule has 1 aliphatic rings. The number of nitrogens with one attached hydrogen (secondary N) is 1. The summed E-state index contributed by atoms with van der Waals surface area (Å²) in [6.45, 7) is 9.34. The summed E-state index contributed by atoms with van der Waals surface area (Å²) < 4.78 is 0. The first-order chi connectivity index (χ1) is 14.5. The molecule has 2 aromatic carbocycles. The largest absolute Gasteiger partial charge is 0.353 e. The minimum atomic E-state index is 0.824. The van der Waals surface area contributed by atoms with Gasteiger partial charge < -0.3 is 5.32 Å². The molecule has 1 heterocycles. The minimum Gasteiger partial charge on any atom is -0.353 e. The fourth-order valence-electron chi connectivity index (χ4n) is 4.40. The highest BCUT2D eigenvalue weighted by Crippen LogP contribution is 2.46. The van der Waals surface area contributed by atoms with Crippen LogP contribution in [-0.4, -0.2) is 0 Å². The molecular weight excluding hydrogens is 382 g/mol. The van der Waals surface area contributed by atoms with Gasteiger partial charge in [0.15, 0.2) is 0 Å². The molecule has 1 N–H and O–H groups in total. The molecule has 0 bridgehead atoms. The van der Waals surface area contributed by atoms with Crippen LogP contribution in [0.25, 0.3) is 0 Å². The Labute approximate surface area is 189 Å². The number of rotatable bonds is 12. The molecule has 0 unspecified atom stereocenters. The third-order valence-corrected chi connectivity index (χ3v) is 7.31. The molecule has 1 aliphatic heterocycles. The van der Waals surface area contributed by atoms with E-state index >= 15 is 0 Å². The van der Waals surface area contributed by atoms with Crippen molar-refractivity contribution in [3.63, 3.8) is 0 Å². The first-order valence-electron chi connectivity index (χ1n) is 12.2. The van der Waals surface area contributed by atoms with Crippen LogP contribution in [0.15, 0.2) is 46.2 Å². The van der Waals surface area contributed by atoms with Crippen LogP contribution in [0.5, 0.6) is 0 Å². The van der Waals surface area contributed by atoms with Gasteiger partial charge in [0, 0.05) is 9.79 Å². The molecule has 164 valence electrons. The monoisotopic (exact) mass is 423 g/mol. The van der Waals surface area contributed by atoms with Gasteiger partial charge in [-0.25, -0.2) is 0 Å². The van der Waals surface area contributed by atoms with Crippen molar-refractivity contribution in [3.05, 3.63) is 47.5 Å². The van der Waals surface area contributed by atoms with Crippen molar-refractivity contribution < 1.29 is 0 Å². The molecule has 2 heteroatoms. The summed E-state index contributed by atoms with van der Waals surface area (Å²) in [5, 5.41) is 3.80. The molecule has 0 spiro atoms. The molecule has 3 rings (SSSR count). The standard InChI is InChI=1S/C28H41NS/c1-21(2)13-7-5-9-15-23-19-20-27-28(24(23)16-10-6-8-14-22(3)4)29-25-17-11-12-18-26(25)30-27/h11-12,17-22,29H,5-10,13-16H2,1-4H3. The maximum Gasteiger partial charge on any atom is 0.0561 e. The van der Waals surface area contributed by atoms with Gasteiger partial charge >= 0.3 is 0 Å². The van der Waals surface area contributed by atoms with E-state index in [9.17, 15) is 0 Å². The summed E-state index contributed by atoms with van der Waals surface area (Å²) in [6.07, 6.45) is 13.2. The van der Waals surface area contributed by atoms with Crippen LogP contribution in [0.3, 0.4) is 0 Å². The Bertz CT molecular complexity index is 793. The lowest BCUT2D eigenvalue weighted by Gasteiger charge is -2.25. The normalized spacial score (nSPS) is 12.7. The summed E-state index contributed by atoms with van der Waals surface area (Å²) in [6, 6.07) is 13.5. The molecule has 2 aromatic rings. The highest BCUT2D eigenvalue weighted by atomic mass is 32.2. The van der Waals surface area contributed by atoms with E-state index < -0.39 is 0 Å². The molecule has 0 aromatic heterocycles. The second kappa shape index (κ2) is 11.8. The molecule has 30 heavy (non-hydrogen) atoms. The number of benzene rings is 2. The number of para-hydroxylation sites is 1. The number of fused-ring (bicyclic) bond motifs is 2. The van der Waals surface area contributed by atoms with Gasteiger partial charge in [-0.05, 0) is 66.8 Å². The lowest BCUT2D eigenvalue weighted by atomic mass is 9.94. The lowest BCUT2D eigenvalue weighted by Crippen LogP contribution is -2.07. The summed E-state index contributed by atoms with van der Waals surface area (Å²) in [4.78, 5) is 2.74. The Morgan fingerprint density at radius 2 is 1.37 bits per heavy atom. The second-order valence-electron chi connectivity index (χ2n) is 9.79. The van der Waals surface area contributed by atoms with Gasteiger partial charge in [-0.15, -0.1) is 0 Å². The van der Waals surface area contributed by atoms with Crippen LogP contribution >= 0.6 is 11.8 Å². The van der Waals surface area contributed by atoms with Gasteiger partial charge in [-0.3, -0.25) is 0 Å². The van der Waals surface area contributed by atoms with E-state index in [0.717, 1.165) is 11.8 Å². The minimum absolute atomic E-state index is 0.824. The third-order valence-electron chi connectivity index (χ3n) is 6.17. The smallest absolute Gasteiger partial charge is 0.0561 e. The second-order valence-corrected chi connectivity index (χ2v) is 10.9. The van der Waals surface area contributed by atoms with E-state index in [4.69, 9.17) is 0 Å². The number of anilines is 2. The van der Waals surface area contributed by atoms with E-state index in [2.05, 4.69) is 69.4 Å². The van der Waals surface area contributed by atoms with Crippen LogP contribution in [-0.2, 0) is 12.8 Å². The molecule has 0 saturated heterocycles. The van der Waals surface area contributed by atoms with Gasteiger partial charge in [0.25, 0.3) is 0 Å². The maximum absolute atomic E-state index is 3.80. The van der Waals surface area contributed by atoms with Gasteiger partial charge in [0.05, 0.1) is 11.4 Å². The molecule has 0 fully saturated rings. The summed E-state index contributed by atoms with van der Waals surface area (Å²) in [5.41, 5.74) is 5.82. The van der Waals surface area contributed by atoms with E-state index in [1.165, 1.54) is 85.4 Å². The molecule has 0 radical (unpaired) electrons. The fourth-order valence-corrected chi connectivity index (χ4v) is 5.42. The van der Waals surface area contributed by atoms with Gasteiger partial charge in [0.1, 0.15) is 0 Å². The maximum atomic E-state index is 3.80. The number of hydrogen-bond donors (Lipinski definition) is 1. The Balaban J connectivity index is 1.70. The van der Waals surface area contributed by atoms with Crippen molar-refractivity contribution in [2.75, 3.05) is 5.32 Å². The van der Waals surface area contributed by atoms with E-state index in [1.54, 1.807) is 11.1 Å². The number of hydrogen-bond acceptors (Lipinski definition) is 2. The van der Waals surface area contributed by atoms with Crippen molar-refractivity contribution >= 4 is 23.1 Å². The third kappa shape index (κ3) is 6.80. The van der Waals surface area contributed by atoms with Crippen molar-refractivity contribution in [1.82, 2.24) is 0 Å². The van der Waals surface area contributed by atoms with Crippen LogP contribution in [0.1, 0.15) is 90.2 Å². The Kier molecular flexibility index (Phi) is 9.18. The summed E-state index contributed by atoms with van der Waals surface area (Å²) in [7, 11) is 0. The van der Waals surface area contributed by atoms with Crippen molar-refractivity contribution in [1.29, 1.82) is 0 Å². The van der Waals surface area contributed by atoms with Crippen LogP contribution < -0.4 is 5.32 Å². The quantitative estimate of drug-likeness (QED) is 0.291. The Hall–Kier alpha value is -1.41. The predicted octanol–water partition coefficient (Wildman–Crippen LogP) is 9.41. The van der Waals surface area contributed by atoms with Crippen LogP contribution in [0.4, 0.5) is 11.4 Å². The highest BCUT2D eigenvalue weighted by Gasteiger charge is 2.20. The molecule has 0 saturated carbocycles. The average Bonchev–Trinajstić information content (AvgIpc) is 2.72. The Morgan fingerprint density at radius 1 is 0.700 bits per heavy atom. The molecular formula is C28H41NS. The zero-order valence-corrected chi connectivity index (χ0v) is 20.4. The van der Waals surface area contributed by atoms with Crippen molar-refractivity contribution in [2.45, 2.75) is 102 Å². The van der Waals surface area contributed by atoms with Crippen molar-refractivity contribution in [2.24, 2.45) is 11.8 Å². The van der Waals surface area contributed by atoms with Gasteiger partial charge in [-0.2, -0.15) is 0 Å². The summed E-state index contributed by atoms with van der Waals surface area (Å²) >= 11 is 1.93. The average molecular weight is 424 g/mol. The first kappa shape index (κ1) is 23.3. The van der Waals surface area contributed by atoms with E-state index in [-0.39, 0.29) is 0 Å². The van der Waals surface area contributed by atoms with Crippen LogP contribution in [0, 0.1) is 11.8 Å². The molecule has 1 nitrogen and oxygen atoms in total. The zero-order chi connectivity index (χ0) is 21.3. The number of unbranched alkanes of at least 4 members (excludes halogenated alkanes) is 4. The zero-order valence-electron chi connectivity index (χ0n) is 19.6.